The van der Waals surface area contributed by atoms with E-state index in [2.05, 4.69) is 36.0 Å². The molecular formula is C45H67N3O13S. The molecule has 11 atom stereocenters. The van der Waals surface area contributed by atoms with E-state index in [1.54, 1.807) is 24.3 Å². The number of carboxylic acid groups (broad SMARTS) is 1. The van der Waals surface area contributed by atoms with Crippen LogP contribution in [0.25, 0.3) is 0 Å². The van der Waals surface area contributed by atoms with Gasteiger partial charge in [-0.05, 0) is 108 Å². The first kappa shape index (κ1) is 51.1. The second-order valence-electron chi connectivity index (χ2n) is 19.2. The second-order valence-corrected chi connectivity index (χ2v) is 20.5. The third kappa shape index (κ3) is 10.5. The lowest BCUT2D eigenvalue weighted by Gasteiger charge is -2.59. The molecule has 8 N–H and O–H groups in total. The molecule has 4 aliphatic carbocycles. The van der Waals surface area contributed by atoms with Crippen LogP contribution in [0.1, 0.15) is 118 Å². The van der Waals surface area contributed by atoms with E-state index in [0.29, 0.717) is 48.9 Å². The fourth-order valence-electron chi connectivity index (χ4n) is 10.5. The molecule has 0 radical (unpaired) electrons. The molecule has 1 aromatic rings. The Kier molecular flexibility index (Phi) is 16.6. The highest BCUT2D eigenvalue weighted by molar-refractivity contribution is 7.99. The molecule has 0 bridgehead atoms. The monoisotopic (exact) mass is 889 g/mol. The van der Waals surface area contributed by atoms with Crippen LogP contribution in [0.2, 0.25) is 0 Å². The second kappa shape index (κ2) is 20.1. The molecule has 62 heavy (non-hydrogen) atoms. The number of ketones is 2. The minimum atomic E-state index is -1.20. The van der Waals surface area contributed by atoms with E-state index in [1.807, 2.05) is 26.8 Å². The van der Waals surface area contributed by atoms with Crippen molar-refractivity contribution >= 4 is 35.4 Å². The number of nitroso groups, excluding NO2 is 1. The molecule has 1 aliphatic heterocycles. The summed E-state index contributed by atoms with van der Waals surface area (Å²) in [5.74, 6) is -1.58. The molecule has 0 spiro atoms. The zero-order chi connectivity index (χ0) is 46.6. The fourth-order valence-corrected chi connectivity index (χ4v) is 10.9. The van der Waals surface area contributed by atoms with Gasteiger partial charge in [-0.2, -0.15) is 0 Å². The Hall–Kier alpha value is -3.55. The van der Waals surface area contributed by atoms with Crippen LogP contribution in [0.4, 0.5) is 0 Å². The molecule has 1 aromatic carbocycles. The van der Waals surface area contributed by atoms with Crippen LogP contribution in [0.5, 0.6) is 5.75 Å². The van der Waals surface area contributed by atoms with Gasteiger partial charge in [0, 0.05) is 57.8 Å². The number of carboxylic acids is 1. The summed E-state index contributed by atoms with van der Waals surface area (Å²) in [5.41, 5.74) is 0.00715. The molecular weight excluding hydrogens is 823 g/mol. The maximum atomic E-state index is 13.2. The number of nitrogens with one attached hydrogen (secondary N) is 2. The van der Waals surface area contributed by atoms with E-state index in [-0.39, 0.29) is 52.6 Å². The first-order chi connectivity index (χ1) is 28.8. The van der Waals surface area contributed by atoms with Crippen molar-refractivity contribution in [2.75, 3.05) is 13.2 Å². The van der Waals surface area contributed by atoms with Crippen LogP contribution in [-0.2, 0) is 35.3 Å². The van der Waals surface area contributed by atoms with Gasteiger partial charge in [-0.15, -0.1) is 4.91 Å². The van der Waals surface area contributed by atoms with E-state index >= 15 is 0 Å². The molecule has 0 aromatic heterocycles. The Bertz CT molecular complexity index is 1880. The first-order valence-corrected chi connectivity index (χ1v) is 22.1. The van der Waals surface area contributed by atoms with Gasteiger partial charge in [0.2, 0.25) is 5.91 Å². The number of allylic oxidation sites excluding steroid dienone is 4. The fraction of sp³-hybridized carbons (Fsp3) is 0.689. The highest BCUT2D eigenvalue weighted by atomic mass is 32.2. The molecule has 1 saturated heterocycles. The molecule has 17 heteroatoms. The molecule has 16 nitrogen and oxygen atoms in total. The summed E-state index contributed by atoms with van der Waals surface area (Å²) in [6.07, 6.45) is 7.66. The average Bonchev–Trinajstić information content (AvgIpc) is 3.67. The largest absolute Gasteiger partial charge is 0.508 e. The van der Waals surface area contributed by atoms with Gasteiger partial charge in [0.05, 0.1) is 29.7 Å². The number of β-amino-alcohol motifs (C(OH)–C–C–N with tert-alkyl or cyclic N) is 1. The highest BCUT2D eigenvalue weighted by Crippen LogP contribution is 2.69. The van der Waals surface area contributed by atoms with Gasteiger partial charge in [0.15, 0.2) is 23.5 Å². The summed E-state index contributed by atoms with van der Waals surface area (Å²) >= 11 is 0.586. The van der Waals surface area contributed by atoms with Crippen molar-refractivity contribution < 1.29 is 59.3 Å². The van der Waals surface area contributed by atoms with E-state index in [9.17, 15) is 44.5 Å². The lowest BCUT2D eigenvalue weighted by molar-refractivity contribution is -0.200. The number of hydrogen-bond donors (Lipinski definition) is 8. The highest BCUT2D eigenvalue weighted by Gasteiger charge is 2.75. The van der Waals surface area contributed by atoms with Crippen LogP contribution in [0, 0.1) is 33.5 Å². The number of Topliss-reactive ketones (excluding diaryl/α,β-unsaturated/α-hetero) is 1. The Balaban J connectivity index is 0.000000231. The van der Waals surface area contributed by atoms with Crippen LogP contribution < -0.4 is 10.6 Å². The third-order valence-corrected chi connectivity index (χ3v) is 14.2. The molecule has 6 rings (SSSR count). The Labute approximate surface area is 368 Å². The lowest BCUT2D eigenvalue weighted by Crippen LogP contribution is -2.63. The summed E-state index contributed by atoms with van der Waals surface area (Å²) < 4.78 is 14.3. The minimum absolute atomic E-state index is 0.0125. The molecule has 1 heterocycles. The normalized spacial score (nSPS) is 31.9. The Morgan fingerprint density at radius 1 is 1.11 bits per heavy atom. The van der Waals surface area contributed by atoms with E-state index < -0.39 is 64.9 Å². The maximum Gasteiger partial charge on any atom is 0.327 e. The first-order valence-electron chi connectivity index (χ1n) is 21.3. The quantitative estimate of drug-likeness (QED) is 0.0978. The van der Waals surface area contributed by atoms with Gasteiger partial charge in [0.1, 0.15) is 18.4 Å². The Morgan fingerprint density at radius 3 is 2.35 bits per heavy atom. The summed E-state index contributed by atoms with van der Waals surface area (Å²) in [6.45, 7) is 16.2. The maximum absolute atomic E-state index is 13.2. The Morgan fingerprint density at radius 2 is 1.79 bits per heavy atom. The molecule has 346 valence electrons. The van der Waals surface area contributed by atoms with Crippen LogP contribution in [0.15, 0.2) is 46.6 Å². The van der Waals surface area contributed by atoms with Crippen molar-refractivity contribution in [1.29, 1.82) is 0 Å². The number of hydrogen-bond acceptors (Lipinski definition) is 15. The van der Waals surface area contributed by atoms with Crippen molar-refractivity contribution in [2.45, 2.75) is 154 Å². The SMILES string of the molecule is CC(=O)N[C@@H](C(=O)O)C(C)(C)SN=O.CC(C)(C)NCC(O)c1ccc(O)c(CO)c1.CCCC1O[C@@H]2C[C@H]3[C@@H]4CCC5=CC(=O)C=C[C@]5(C)[C@H]4[C@@H](O)C[C@]3(C)[C@]2(C(=O)CO)O1. The van der Waals surface area contributed by atoms with Crippen molar-refractivity contribution in [3.63, 3.8) is 0 Å². The summed E-state index contributed by atoms with van der Waals surface area (Å²) in [6, 6.07) is 3.62. The zero-order valence-electron chi connectivity index (χ0n) is 37.3. The van der Waals surface area contributed by atoms with E-state index in [0.717, 1.165) is 24.8 Å². The third-order valence-electron chi connectivity index (χ3n) is 13.4. The van der Waals surface area contributed by atoms with E-state index in [1.165, 1.54) is 26.8 Å². The number of aliphatic hydroxyl groups is 4. The summed E-state index contributed by atoms with van der Waals surface area (Å²) in [4.78, 5) is 56.8. The number of ether oxygens (including phenoxy) is 2. The number of aliphatic hydroxyl groups excluding tert-OH is 4. The van der Waals surface area contributed by atoms with Crippen LogP contribution >= 0.6 is 11.9 Å². The zero-order valence-corrected chi connectivity index (χ0v) is 38.2. The molecule has 4 fully saturated rings. The van der Waals surface area contributed by atoms with Crippen LogP contribution in [0.3, 0.4) is 0 Å². The number of fused-ring (bicyclic) bond motifs is 7. The number of aromatic hydroxyl groups is 1. The predicted molar refractivity (Wildman–Crippen MR) is 232 cm³/mol. The lowest BCUT2D eigenvalue weighted by atomic mass is 9.46. The number of nitrogens with zero attached hydrogens (tertiary/aromatic N) is 1. The smallest absolute Gasteiger partial charge is 0.327 e. The van der Waals surface area contributed by atoms with Crippen LogP contribution in [-0.4, -0.2) is 108 Å². The van der Waals surface area contributed by atoms with Gasteiger partial charge >= 0.3 is 5.97 Å². The van der Waals surface area contributed by atoms with Gasteiger partial charge in [-0.1, -0.05) is 44.9 Å². The predicted octanol–water partition coefficient (Wildman–Crippen LogP) is 4.79. The molecule has 3 saturated carbocycles. The topological polar surface area (TPSA) is 262 Å². The number of carbonyl (C=O) groups excluding carboxylic acids is 3. The van der Waals surface area contributed by atoms with Crippen molar-refractivity contribution in [2.24, 2.45) is 33.2 Å². The standard InChI is InChI=1S/C25H34O6.C13H21NO3.C7H12N2O4S/c1-4-5-21-30-20-11-17-16-7-6-14-10-15(27)8-9-23(14,2)22(16)18(28)12-24(17,3)25(20,31-21)19(29)13-26;1-13(2,3)14-7-12(17)9-4-5-11(16)10(6-9)8-15;1-4(10)8-5(6(11)12)7(2,3)14-9-13/h8-10,16-18,20-22,26,28H,4-7,11-13H2,1-3H3;4-6,12,14-17H,7-8H2,1-3H3;5H,1-3H3,(H,8,10)(H,11,12)/t16-,17-,18-,20+,21?,22+,23-,24-,25+;;5-/m0.0/s1. The van der Waals surface area contributed by atoms with Gasteiger partial charge in [-0.3, -0.25) is 14.4 Å². The molecule has 5 aliphatic rings. The molecule has 1 amide bonds. The summed E-state index contributed by atoms with van der Waals surface area (Å²) in [5, 5.41) is 64.1. The summed E-state index contributed by atoms with van der Waals surface area (Å²) in [7, 11) is 0. The number of carbonyl (C=O) groups is 4. The van der Waals surface area contributed by atoms with Gasteiger partial charge in [0.25, 0.3) is 0 Å². The van der Waals surface area contributed by atoms with Crippen molar-refractivity contribution in [3.8, 4) is 5.75 Å². The van der Waals surface area contributed by atoms with Gasteiger partial charge < -0.3 is 50.7 Å². The minimum Gasteiger partial charge on any atom is -0.508 e. The number of amides is 1. The number of rotatable bonds is 13. The number of benzene rings is 1. The average molecular weight is 890 g/mol. The van der Waals surface area contributed by atoms with Gasteiger partial charge in [-0.25, -0.2) is 4.79 Å². The van der Waals surface area contributed by atoms with E-state index in [4.69, 9.17) is 19.7 Å². The molecule has 2 unspecified atom stereocenters. The number of aliphatic carboxylic acids is 1. The number of phenols is 1. The van der Waals surface area contributed by atoms with Crippen molar-refractivity contribution in [1.82, 2.24) is 10.6 Å². The van der Waals surface area contributed by atoms with Crippen molar-refractivity contribution in [3.05, 3.63) is 58.0 Å².